The summed E-state index contributed by atoms with van der Waals surface area (Å²) >= 11 is 0.892. The summed E-state index contributed by atoms with van der Waals surface area (Å²) < 4.78 is 0. The number of rotatable bonds is 4. The molecule has 0 radical (unpaired) electrons. The first-order valence-electron chi connectivity index (χ1n) is 6.02. The number of thioether (sulfide) groups is 1. The maximum Gasteiger partial charge on any atom is 0.293 e. The number of hydrogen-bond acceptors (Lipinski definition) is 5. The highest BCUT2D eigenvalue weighted by molar-refractivity contribution is 8.18. The summed E-state index contributed by atoms with van der Waals surface area (Å²) in [7, 11) is 0. The van der Waals surface area contributed by atoms with Crippen molar-refractivity contribution in [2.24, 2.45) is 0 Å². The molecule has 1 aromatic rings. The molecule has 2 amide bonds. The molecule has 20 heavy (non-hydrogen) atoms. The number of amides is 2. The first-order chi connectivity index (χ1) is 9.52. The zero-order valence-corrected chi connectivity index (χ0v) is 11.6. The maximum atomic E-state index is 12.0. The predicted octanol–water partition coefficient (Wildman–Crippen LogP) is 3.04. The largest absolute Gasteiger partial charge is 0.293 e. The number of hydrogen-bond donors (Lipinski definition) is 0. The van der Waals surface area contributed by atoms with Crippen molar-refractivity contribution in [3.63, 3.8) is 0 Å². The Morgan fingerprint density at radius 1 is 1.30 bits per heavy atom. The Labute approximate surface area is 119 Å². The molecule has 7 heteroatoms. The summed E-state index contributed by atoms with van der Waals surface area (Å²) in [6, 6.07) is 5.82. The molecule has 1 aliphatic rings. The van der Waals surface area contributed by atoms with Gasteiger partial charge in [0.15, 0.2) is 0 Å². The molecule has 0 atom stereocenters. The number of imide groups is 1. The van der Waals surface area contributed by atoms with Gasteiger partial charge in [-0.3, -0.25) is 24.6 Å². The Hall–Kier alpha value is -2.15. The summed E-state index contributed by atoms with van der Waals surface area (Å²) in [6.07, 6.45) is 2.28. The maximum absolute atomic E-state index is 12.0. The monoisotopic (exact) mass is 292 g/mol. The third-order valence-corrected chi connectivity index (χ3v) is 3.63. The van der Waals surface area contributed by atoms with Crippen molar-refractivity contribution in [2.45, 2.75) is 13.3 Å². The molecule has 6 nitrogen and oxygen atoms in total. The second kappa shape index (κ2) is 5.87. The minimum absolute atomic E-state index is 0.0127. The van der Waals surface area contributed by atoms with Gasteiger partial charge in [0.1, 0.15) is 0 Å². The lowest BCUT2D eigenvalue weighted by Crippen LogP contribution is -2.28. The van der Waals surface area contributed by atoms with Crippen molar-refractivity contribution < 1.29 is 14.5 Å². The topological polar surface area (TPSA) is 80.5 Å². The Bertz CT molecular complexity index is 595. The van der Waals surface area contributed by atoms with Crippen molar-refractivity contribution in [3.8, 4) is 0 Å². The molecular formula is C13H12N2O4S. The predicted molar refractivity (Wildman–Crippen MR) is 76.1 cm³/mol. The van der Waals surface area contributed by atoms with Gasteiger partial charge in [-0.05, 0) is 42.0 Å². The molecule has 0 unspecified atom stereocenters. The molecule has 1 fully saturated rings. The highest BCUT2D eigenvalue weighted by Crippen LogP contribution is 2.32. The number of carbonyl (C=O) groups is 2. The number of benzene rings is 1. The van der Waals surface area contributed by atoms with Gasteiger partial charge >= 0.3 is 0 Å². The van der Waals surface area contributed by atoms with E-state index in [0.29, 0.717) is 23.4 Å². The fraction of sp³-hybridized carbons (Fsp3) is 0.231. The van der Waals surface area contributed by atoms with E-state index in [0.717, 1.165) is 11.8 Å². The van der Waals surface area contributed by atoms with E-state index >= 15 is 0 Å². The molecular weight excluding hydrogens is 280 g/mol. The van der Waals surface area contributed by atoms with Gasteiger partial charge in [-0.25, -0.2) is 0 Å². The van der Waals surface area contributed by atoms with E-state index in [1.165, 1.54) is 17.0 Å². The zero-order chi connectivity index (χ0) is 14.7. The van der Waals surface area contributed by atoms with Crippen LogP contribution in [0.5, 0.6) is 0 Å². The molecule has 1 heterocycles. The average molecular weight is 292 g/mol. The van der Waals surface area contributed by atoms with Crippen LogP contribution in [0, 0.1) is 10.1 Å². The van der Waals surface area contributed by atoms with Crippen LogP contribution in [-0.4, -0.2) is 27.5 Å². The van der Waals surface area contributed by atoms with Crippen LogP contribution in [0.25, 0.3) is 6.08 Å². The van der Waals surface area contributed by atoms with E-state index in [2.05, 4.69) is 0 Å². The Balaban J connectivity index is 2.21. The van der Waals surface area contributed by atoms with Gasteiger partial charge in [0.25, 0.3) is 16.8 Å². The highest BCUT2D eigenvalue weighted by atomic mass is 32.2. The van der Waals surface area contributed by atoms with E-state index < -0.39 is 4.92 Å². The molecule has 0 N–H and O–H groups in total. The molecule has 0 bridgehead atoms. The second-order valence-corrected chi connectivity index (χ2v) is 5.18. The van der Waals surface area contributed by atoms with Gasteiger partial charge in [0, 0.05) is 18.7 Å². The van der Waals surface area contributed by atoms with Crippen LogP contribution in [-0.2, 0) is 4.79 Å². The Morgan fingerprint density at radius 3 is 2.50 bits per heavy atom. The molecule has 0 saturated carbocycles. The normalized spacial score (nSPS) is 17.1. The summed E-state index contributed by atoms with van der Waals surface area (Å²) in [5, 5.41) is 10.3. The molecule has 1 aliphatic heterocycles. The minimum atomic E-state index is -0.487. The summed E-state index contributed by atoms with van der Waals surface area (Å²) in [4.78, 5) is 35.3. The van der Waals surface area contributed by atoms with Crippen LogP contribution in [0.3, 0.4) is 0 Å². The molecule has 0 aliphatic carbocycles. The van der Waals surface area contributed by atoms with Crippen molar-refractivity contribution in [1.29, 1.82) is 0 Å². The Morgan fingerprint density at radius 2 is 1.95 bits per heavy atom. The highest BCUT2D eigenvalue weighted by Gasteiger charge is 2.34. The average Bonchev–Trinajstić information content (AvgIpc) is 2.67. The van der Waals surface area contributed by atoms with Gasteiger partial charge < -0.3 is 0 Å². The third-order valence-electron chi connectivity index (χ3n) is 2.72. The number of nitrogens with zero attached hydrogens (tertiary/aromatic N) is 2. The number of nitro groups is 1. The van der Waals surface area contributed by atoms with E-state index in [-0.39, 0.29) is 16.8 Å². The summed E-state index contributed by atoms with van der Waals surface area (Å²) in [6.45, 7) is 2.30. The minimum Gasteiger partial charge on any atom is -0.268 e. The van der Waals surface area contributed by atoms with Crippen molar-refractivity contribution >= 4 is 34.7 Å². The first-order valence-corrected chi connectivity index (χ1v) is 6.84. The fourth-order valence-electron chi connectivity index (χ4n) is 1.76. The fourth-order valence-corrected chi connectivity index (χ4v) is 2.63. The molecule has 104 valence electrons. The smallest absolute Gasteiger partial charge is 0.268 e. The van der Waals surface area contributed by atoms with Crippen molar-refractivity contribution in [1.82, 2.24) is 4.90 Å². The number of nitro benzene ring substituents is 1. The summed E-state index contributed by atoms with van der Waals surface area (Å²) in [5.74, 6) is -0.305. The van der Waals surface area contributed by atoms with Crippen LogP contribution >= 0.6 is 11.8 Å². The zero-order valence-electron chi connectivity index (χ0n) is 10.7. The lowest BCUT2D eigenvalue weighted by molar-refractivity contribution is -0.384. The van der Waals surface area contributed by atoms with Crippen molar-refractivity contribution in [3.05, 3.63) is 44.8 Å². The van der Waals surface area contributed by atoms with Crippen LogP contribution in [0.15, 0.2) is 29.2 Å². The third kappa shape index (κ3) is 2.88. The summed E-state index contributed by atoms with van der Waals surface area (Å²) in [5.41, 5.74) is 0.638. The van der Waals surface area contributed by atoms with Crippen LogP contribution in [0.2, 0.25) is 0 Å². The molecule has 1 aromatic carbocycles. The van der Waals surface area contributed by atoms with Crippen LogP contribution < -0.4 is 0 Å². The standard InChI is InChI=1S/C13H12N2O4S/c1-2-7-14-12(16)11(20-13(14)17)8-9-3-5-10(6-4-9)15(18)19/h3-6,8H,2,7H2,1H3/b11-8+. The van der Waals surface area contributed by atoms with E-state index in [1.54, 1.807) is 18.2 Å². The molecule has 0 spiro atoms. The molecule has 0 aromatic heterocycles. The van der Waals surface area contributed by atoms with E-state index in [4.69, 9.17) is 0 Å². The number of non-ortho nitro benzene ring substituents is 1. The Kier molecular flexibility index (Phi) is 4.19. The van der Waals surface area contributed by atoms with Gasteiger partial charge in [0.2, 0.25) is 0 Å². The first kappa shape index (κ1) is 14.3. The molecule has 2 rings (SSSR count). The van der Waals surface area contributed by atoms with Crippen LogP contribution in [0.1, 0.15) is 18.9 Å². The SMILES string of the molecule is CCCN1C(=O)S/C(=C/c2ccc([N+](=O)[O-])cc2)C1=O. The van der Waals surface area contributed by atoms with Crippen molar-refractivity contribution in [2.75, 3.05) is 6.54 Å². The van der Waals surface area contributed by atoms with E-state index in [1.807, 2.05) is 6.92 Å². The second-order valence-electron chi connectivity index (χ2n) is 4.18. The number of carbonyl (C=O) groups excluding carboxylic acids is 2. The van der Waals surface area contributed by atoms with Gasteiger partial charge in [-0.1, -0.05) is 6.92 Å². The lowest BCUT2D eigenvalue weighted by Gasteiger charge is -2.09. The molecule has 1 saturated heterocycles. The quantitative estimate of drug-likeness (QED) is 0.484. The van der Waals surface area contributed by atoms with Gasteiger partial charge in [-0.15, -0.1) is 0 Å². The van der Waals surface area contributed by atoms with Crippen LogP contribution in [0.4, 0.5) is 10.5 Å². The lowest BCUT2D eigenvalue weighted by atomic mass is 10.2. The van der Waals surface area contributed by atoms with Gasteiger partial charge in [-0.2, -0.15) is 0 Å². The van der Waals surface area contributed by atoms with E-state index in [9.17, 15) is 19.7 Å². The van der Waals surface area contributed by atoms with Gasteiger partial charge in [0.05, 0.1) is 9.83 Å².